The molecule has 0 saturated carbocycles. The van der Waals surface area contributed by atoms with Crippen LogP contribution >= 0.6 is 11.6 Å². The zero-order valence-corrected chi connectivity index (χ0v) is 13.0. The molecule has 0 unspecified atom stereocenters. The van der Waals surface area contributed by atoms with E-state index in [1.54, 1.807) is 18.3 Å². The number of pyridine rings is 1. The number of carbonyl (C=O) groups is 1. The van der Waals surface area contributed by atoms with E-state index in [9.17, 15) is 9.18 Å². The van der Waals surface area contributed by atoms with Crippen LogP contribution < -0.4 is 5.32 Å². The van der Waals surface area contributed by atoms with Crippen LogP contribution in [0, 0.1) is 12.7 Å². The second-order valence-corrected chi connectivity index (χ2v) is 5.54. The minimum atomic E-state index is -0.408. The van der Waals surface area contributed by atoms with Crippen molar-refractivity contribution in [3.63, 3.8) is 0 Å². The molecule has 23 heavy (non-hydrogen) atoms. The fourth-order valence-electron chi connectivity index (χ4n) is 2.19. The third kappa shape index (κ3) is 3.40. The molecule has 0 aliphatic heterocycles. The topological polar surface area (TPSA) is 57.8 Å². The molecule has 0 spiro atoms. The molecule has 0 atom stereocenters. The van der Waals surface area contributed by atoms with Crippen molar-refractivity contribution in [2.75, 3.05) is 5.32 Å². The standard InChI is InChI=1S/C17H13ClFN3O/c1-10-2-3-11(12-4-14(19)9-20-7-12)5-15(10)22-17(23)16-6-13(18)8-21-16/h2-9,21H,1H3,(H,22,23). The van der Waals surface area contributed by atoms with Gasteiger partial charge >= 0.3 is 0 Å². The van der Waals surface area contributed by atoms with Gasteiger partial charge in [-0.2, -0.15) is 0 Å². The van der Waals surface area contributed by atoms with Gasteiger partial charge in [0.1, 0.15) is 11.5 Å². The van der Waals surface area contributed by atoms with Crippen molar-refractivity contribution in [2.24, 2.45) is 0 Å². The highest BCUT2D eigenvalue weighted by atomic mass is 35.5. The van der Waals surface area contributed by atoms with Gasteiger partial charge in [0.05, 0.1) is 11.2 Å². The number of hydrogen-bond acceptors (Lipinski definition) is 2. The molecule has 1 amide bonds. The van der Waals surface area contributed by atoms with Crippen LogP contribution in [0.25, 0.3) is 11.1 Å². The molecule has 0 fully saturated rings. The summed E-state index contributed by atoms with van der Waals surface area (Å²) in [4.78, 5) is 18.8. The molecule has 0 aliphatic rings. The Morgan fingerprint density at radius 2 is 2.04 bits per heavy atom. The van der Waals surface area contributed by atoms with E-state index in [0.717, 1.165) is 17.3 Å². The number of anilines is 1. The van der Waals surface area contributed by atoms with Crippen LogP contribution in [0.3, 0.4) is 0 Å². The predicted molar refractivity (Wildman–Crippen MR) is 88.1 cm³/mol. The molecular weight excluding hydrogens is 317 g/mol. The molecule has 4 nitrogen and oxygen atoms in total. The maximum absolute atomic E-state index is 13.3. The van der Waals surface area contributed by atoms with Crippen molar-refractivity contribution in [3.05, 3.63) is 71.0 Å². The first-order valence-corrected chi connectivity index (χ1v) is 7.27. The van der Waals surface area contributed by atoms with E-state index >= 15 is 0 Å². The number of nitrogens with one attached hydrogen (secondary N) is 2. The van der Waals surface area contributed by atoms with E-state index < -0.39 is 5.82 Å². The number of hydrogen-bond donors (Lipinski definition) is 2. The third-order valence-corrected chi connectivity index (χ3v) is 3.63. The Labute approximate surface area is 137 Å². The molecule has 0 saturated heterocycles. The second-order valence-electron chi connectivity index (χ2n) is 5.11. The van der Waals surface area contributed by atoms with Gasteiger partial charge in [0, 0.05) is 23.6 Å². The van der Waals surface area contributed by atoms with E-state index in [-0.39, 0.29) is 5.91 Å². The SMILES string of the molecule is Cc1ccc(-c2cncc(F)c2)cc1NC(=O)c1cc(Cl)c[nH]1. The van der Waals surface area contributed by atoms with E-state index in [1.807, 2.05) is 19.1 Å². The summed E-state index contributed by atoms with van der Waals surface area (Å²) in [6.45, 7) is 1.88. The van der Waals surface area contributed by atoms with E-state index in [1.165, 1.54) is 12.3 Å². The number of carbonyl (C=O) groups excluding carboxylic acids is 1. The summed E-state index contributed by atoms with van der Waals surface area (Å²) in [7, 11) is 0. The number of H-pyrrole nitrogens is 1. The van der Waals surface area contributed by atoms with Crippen molar-refractivity contribution in [2.45, 2.75) is 6.92 Å². The smallest absolute Gasteiger partial charge is 0.272 e. The number of benzene rings is 1. The van der Waals surface area contributed by atoms with Crippen LogP contribution in [0.15, 0.2) is 48.9 Å². The number of aromatic nitrogens is 2. The summed E-state index contributed by atoms with van der Waals surface area (Å²) < 4.78 is 13.3. The Hall–Kier alpha value is -2.66. The van der Waals surface area contributed by atoms with E-state index in [2.05, 4.69) is 15.3 Å². The molecule has 2 N–H and O–H groups in total. The lowest BCUT2D eigenvalue weighted by atomic mass is 10.0. The Bertz CT molecular complexity index is 876. The van der Waals surface area contributed by atoms with E-state index in [0.29, 0.717) is 22.0 Å². The molecule has 116 valence electrons. The van der Waals surface area contributed by atoms with Gasteiger partial charge in [-0.15, -0.1) is 0 Å². The molecule has 3 aromatic rings. The van der Waals surface area contributed by atoms with Crippen molar-refractivity contribution in [3.8, 4) is 11.1 Å². The highest BCUT2D eigenvalue weighted by Gasteiger charge is 2.11. The first-order chi connectivity index (χ1) is 11.0. The maximum atomic E-state index is 13.3. The lowest BCUT2D eigenvalue weighted by Crippen LogP contribution is -2.13. The summed E-state index contributed by atoms with van der Waals surface area (Å²) in [5.74, 6) is -0.704. The molecule has 2 aromatic heterocycles. The van der Waals surface area contributed by atoms with Gasteiger partial charge in [0.2, 0.25) is 0 Å². The Morgan fingerprint density at radius 1 is 1.22 bits per heavy atom. The van der Waals surface area contributed by atoms with Crippen LogP contribution in [0.4, 0.5) is 10.1 Å². The molecule has 2 heterocycles. The molecule has 1 aromatic carbocycles. The average Bonchev–Trinajstić information content (AvgIpc) is 2.96. The third-order valence-electron chi connectivity index (χ3n) is 3.42. The van der Waals surface area contributed by atoms with Gasteiger partial charge in [0.15, 0.2) is 0 Å². The molecule has 0 aliphatic carbocycles. The van der Waals surface area contributed by atoms with Crippen LogP contribution in [-0.4, -0.2) is 15.9 Å². The van der Waals surface area contributed by atoms with Gasteiger partial charge in [-0.1, -0.05) is 23.7 Å². The zero-order chi connectivity index (χ0) is 16.4. The van der Waals surface area contributed by atoms with Gasteiger partial charge in [0.25, 0.3) is 5.91 Å². The Kier molecular flexibility index (Phi) is 4.12. The highest BCUT2D eigenvalue weighted by Crippen LogP contribution is 2.26. The zero-order valence-electron chi connectivity index (χ0n) is 12.2. The van der Waals surface area contributed by atoms with Crippen molar-refractivity contribution in [1.82, 2.24) is 9.97 Å². The van der Waals surface area contributed by atoms with Gasteiger partial charge < -0.3 is 10.3 Å². The molecule has 0 bridgehead atoms. The summed E-state index contributed by atoms with van der Waals surface area (Å²) >= 11 is 5.81. The number of rotatable bonds is 3. The largest absolute Gasteiger partial charge is 0.356 e. The van der Waals surface area contributed by atoms with Crippen molar-refractivity contribution < 1.29 is 9.18 Å². The lowest BCUT2D eigenvalue weighted by Gasteiger charge is -2.10. The fourth-order valence-corrected chi connectivity index (χ4v) is 2.36. The quantitative estimate of drug-likeness (QED) is 0.746. The number of aryl methyl sites for hydroxylation is 1. The minimum absolute atomic E-state index is 0.297. The summed E-state index contributed by atoms with van der Waals surface area (Å²) in [5.41, 5.74) is 3.31. The molecule has 3 rings (SSSR count). The Morgan fingerprint density at radius 3 is 2.74 bits per heavy atom. The van der Waals surface area contributed by atoms with Crippen molar-refractivity contribution >= 4 is 23.2 Å². The van der Waals surface area contributed by atoms with Gasteiger partial charge in [-0.05, 0) is 36.2 Å². The fraction of sp³-hybridized carbons (Fsp3) is 0.0588. The highest BCUT2D eigenvalue weighted by molar-refractivity contribution is 6.31. The van der Waals surface area contributed by atoms with Crippen molar-refractivity contribution in [1.29, 1.82) is 0 Å². The van der Waals surface area contributed by atoms with Crippen LogP contribution in [0.2, 0.25) is 5.02 Å². The molecule has 0 radical (unpaired) electrons. The van der Waals surface area contributed by atoms with Crippen LogP contribution in [0.1, 0.15) is 16.1 Å². The summed E-state index contributed by atoms with van der Waals surface area (Å²) in [6, 6.07) is 8.44. The normalized spacial score (nSPS) is 10.6. The Balaban J connectivity index is 1.90. The van der Waals surface area contributed by atoms with Crippen LogP contribution in [0.5, 0.6) is 0 Å². The average molecular weight is 330 g/mol. The predicted octanol–water partition coefficient (Wildman–Crippen LogP) is 4.43. The first-order valence-electron chi connectivity index (χ1n) is 6.90. The van der Waals surface area contributed by atoms with E-state index in [4.69, 9.17) is 11.6 Å². The maximum Gasteiger partial charge on any atom is 0.272 e. The number of halogens is 2. The summed E-state index contributed by atoms with van der Waals surface area (Å²) in [6.07, 6.45) is 4.26. The first kappa shape index (κ1) is 15.2. The number of nitrogens with zero attached hydrogens (tertiary/aromatic N) is 1. The van der Waals surface area contributed by atoms with Gasteiger partial charge in [-0.25, -0.2) is 4.39 Å². The monoisotopic (exact) mass is 329 g/mol. The minimum Gasteiger partial charge on any atom is -0.356 e. The summed E-state index contributed by atoms with van der Waals surface area (Å²) in [5, 5.41) is 3.29. The number of aromatic amines is 1. The lowest BCUT2D eigenvalue weighted by molar-refractivity contribution is 0.102. The van der Waals surface area contributed by atoms with Crippen LogP contribution in [-0.2, 0) is 0 Å². The molecule has 6 heteroatoms. The number of amides is 1. The second kappa shape index (κ2) is 6.22. The van der Waals surface area contributed by atoms with Gasteiger partial charge in [-0.3, -0.25) is 9.78 Å². The molecular formula is C17H13ClFN3O.